The maximum atomic E-state index is 12.6. The van der Waals surface area contributed by atoms with E-state index in [9.17, 15) is 4.79 Å². The van der Waals surface area contributed by atoms with E-state index in [2.05, 4.69) is 66.5 Å². The zero-order chi connectivity index (χ0) is 26.2. The lowest BCUT2D eigenvalue weighted by Crippen LogP contribution is -2.23. The van der Waals surface area contributed by atoms with Crippen molar-refractivity contribution in [2.45, 2.75) is 53.9 Å². The molecule has 0 atom stereocenters. The molecule has 0 aliphatic heterocycles. The Balaban J connectivity index is 1.71. The molecule has 2 aromatic heterocycles. The molecule has 0 amide bonds. The third-order valence-corrected chi connectivity index (χ3v) is 6.98. The summed E-state index contributed by atoms with van der Waals surface area (Å²) < 4.78 is 10.8. The van der Waals surface area contributed by atoms with Gasteiger partial charge < -0.3 is 4.74 Å². The quantitative estimate of drug-likeness (QED) is 0.303. The second kappa shape index (κ2) is 9.63. The van der Waals surface area contributed by atoms with Crippen LogP contribution in [0.25, 0.3) is 11.4 Å². The Bertz CT molecular complexity index is 1560. The molecule has 0 saturated heterocycles. The molecule has 9 heteroatoms. The molecular formula is C27H32N6O2Si. The second-order valence-electron chi connectivity index (χ2n) is 10.0. The molecule has 2 heterocycles. The Kier molecular flexibility index (Phi) is 6.74. The van der Waals surface area contributed by atoms with Crippen molar-refractivity contribution in [3.05, 3.63) is 80.5 Å². The molecule has 0 spiro atoms. The van der Waals surface area contributed by atoms with Gasteiger partial charge in [0.05, 0.1) is 17.1 Å². The highest BCUT2D eigenvalue weighted by Crippen LogP contribution is 2.26. The highest BCUT2D eigenvalue weighted by molar-refractivity contribution is 6.83. The molecular weight excluding hydrogens is 468 g/mol. The van der Waals surface area contributed by atoms with Gasteiger partial charge in [0.15, 0.2) is 0 Å². The number of rotatable bonds is 5. The van der Waals surface area contributed by atoms with Crippen LogP contribution in [0, 0.1) is 39.2 Å². The predicted octanol–water partition coefficient (Wildman–Crippen LogP) is 4.19. The van der Waals surface area contributed by atoms with Gasteiger partial charge in [-0.05, 0) is 79.6 Å². The number of tetrazole rings is 1. The largest absolute Gasteiger partial charge is 0.489 e. The normalized spacial score (nSPS) is 11.3. The number of aromatic nitrogens is 6. The lowest BCUT2D eigenvalue weighted by molar-refractivity contribution is 0.303. The number of hydrogen-bond acceptors (Lipinski definition) is 5. The molecule has 4 aromatic rings. The summed E-state index contributed by atoms with van der Waals surface area (Å²) in [5.41, 5.74) is 10.6. The number of aryl methyl sites for hydroxylation is 3. The van der Waals surface area contributed by atoms with Crippen LogP contribution in [0.5, 0.6) is 5.75 Å². The average Bonchev–Trinajstić information content (AvgIpc) is 3.29. The summed E-state index contributed by atoms with van der Waals surface area (Å²) in [5, 5.41) is 12.6. The van der Waals surface area contributed by atoms with E-state index in [4.69, 9.17) is 4.74 Å². The molecule has 0 bridgehead atoms. The first kappa shape index (κ1) is 25.2. The van der Waals surface area contributed by atoms with Gasteiger partial charge in [0.2, 0.25) is 0 Å². The van der Waals surface area contributed by atoms with Gasteiger partial charge in [0.25, 0.3) is 0 Å². The average molecular weight is 501 g/mol. The van der Waals surface area contributed by atoms with E-state index in [0.717, 1.165) is 39.5 Å². The summed E-state index contributed by atoms with van der Waals surface area (Å²) in [6.45, 7) is 15.0. The number of hydrogen-bond donors (Lipinski definition) is 0. The van der Waals surface area contributed by atoms with Crippen LogP contribution in [0.1, 0.15) is 33.6 Å². The highest BCUT2D eigenvalue weighted by atomic mass is 28.3. The standard InChI is InChI=1S/C27H32N6O2Si/c1-18-16-23(32-21(4)19(2)20(3)28-32)12-13-26(18)35-17-24-22(14-15-36(6,7)8)10-9-11-25(24)33-27(34)31(5)29-30-33/h9-13,16H,17H2,1-8H3. The third-order valence-electron chi connectivity index (χ3n) is 6.10. The summed E-state index contributed by atoms with van der Waals surface area (Å²) in [5.74, 6) is 4.09. The molecule has 0 fully saturated rings. The van der Waals surface area contributed by atoms with Crippen molar-refractivity contribution in [1.82, 2.24) is 29.6 Å². The topological polar surface area (TPSA) is 79.8 Å². The van der Waals surface area contributed by atoms with E-state index in [0.29, 0.717) is 5.69 Å². The molecule has 0 aliphatic rings. The van der Waals surface area contributed by atoms with Crippen LogP contribution in [-0.4, -0.2) is 37.6 Å². The monoisotopic (exact) mass is 500 g/mol. The van der Waals surface area contributed by atoms with Crippen LogP contribution in [-0.2, 0) is 13.7 Å². The zero-order valence-corrected chi connectivity index (χ0v) is 23.2. The summed E-state index contributed by atoms with van der Waals surface area (Å²) >= 11 is 0. The maximum absolute atomic E-state index is 12.6. The van der Waals surface area contributed by atoms with Gasteiger partial charge in [-0.3, -0.25) is 0 Å². The molecule has 186 valence electrons. The van der Waals surface area contributed by atoms with E-state index in [1.165, 1.54) is 14.9 Å². The van der Waals surface area contributed by atoms with Gasteiger partial charge in [0, 0.05) is 23.9 Å². The molecule has 8 nitrogen and oxygen atoms in total. The number of benzene rings is 2. The number of ether oxygens (including phenoxy) is 1. The summed E-state index contributed by atoms with van der Waals surface area (Å²) in [6, 6.07) is 11.7. The first-order chi connectivity index (χ1) is 17.0. The minimum absolute atomic E-state index is 0.230. The van der Waals surface area contributed by atoms with Crippen molar-refractivity contribution < 1.29 is 4.74 Å². The minimum atomic E-state index is -1.62. The molecule has 2 aromatic carbocycles. The SMILES string of the molecule is Cc1cc(-n2nc(C)c(C)c2C)ccc1OCc1c(C#C[Si](C)(C)C)cccc1-n1nnn(C)c1=O. The molecule has 0 aliphatic carbocycles. The van der Waals surface area contributed by atoms with Crippen LogP contribution in [0.15, 0.2) is 41.2 Å². The fourth-order valence-electron chi connectivity index (χ4n) is 3.81. The fourth-order valence-corrected chi connectivity index (χ4v) is 4.32. The van der Waals surface area contributed by atoms with Gasteiger partial charge in [0.1, 0.15) is 20.4 Å². The second-order valence-corrected chi connectivity index (χ2v) is 14.8. The van der Waals surface area contributed by atoms with E-state index < -0.39 is 8.07 Å². The fraction of sp³-hybridized carbons (Fsp3) is 0.333. The Morgan fingerprint density at radius 1 is 1.00 bits per heavy atom. The Morgan fingerprint density at radius 2 is 1.75 bits per heavy atom. The van der Waals surface area contributed by atoms with Crippen LogP contribution >= 0.6 is 0 Å². The summed E-state index contributed by atoms with van der Waals surface area (Å²) in [7, 11) is -0.0432. The van der Waals surface area contributed by atoms with Crippen LogP contribution in [0.4, 0.5) is 0 Å². The van der Waals surface area contributed by atoms with Crippen molar-refractivity contribution in [2.75, 3.05) is 0 Å². The first-order valence-corrected chi connectivity index (χ1v) is 15.4. The lowest BCUT2D eigenvalue weighted by atomic mass is 10.1. The highest BCUT2D eigenvalue weighted by Gasteiger charge is 2.17. The van der Waals surface area contributed by atoms with Crippen molar-refractivity contribution in [3.8, 4) is 28.6 Å². The van der Waals surface area contributed by atoms with Crippen molar-refractivity contribution in [1.29, 1.82) is 0 Å². The van der Waals surface area contributed by atoms with Crippen LogP contribution in [0.2, 0.25) is 19.6 Å². The Labute approximate surface area is 212 Å². The maximum Gasteiger partial charge on any atom is 0.368 e. The molecule has 0 radical (unpaired) electrons. The summed E-state index contributed by atoms with van der Waals surface area (Å²) in [4.78, 5) is 12.6. The minimum Gasteiger partial charge on any atom is -0.489 e. The first-order valence-electron chi connectivity index (χ1n) is 11.9. The van der Waals surface area contributed by atoms with E-state index in [1.807, 2.05) is 48.9 Å². The van der Waals surface area contributed by atoms with E-state index in [-0.39, 0.29) is 12.3 Å². The van der Waals surface area contributed by atoms with Gasteiger partial charge in [-0.2, -0.15) is 14.5 Å². The van der Waals surface area contributed by atoms with E-state index >= 15 is 0 Å². The van der Waals surface area contributed by atoms with Gasteiger partial charge in [-0.1, -0.05) is 31.6 Å². The Hall–Kier alpha value is -3.90. The third kappa shape index (κ3) is 5.04. The smallest absolute Gasteiger partial charge is 0.368 e. The summed E-state index contributed by atoms with van der Waals surface area (Å²) in [6.07, 6.45) is 0. The molecule has 36 heavy (non-hydrogen) atoms. The zero-order valence-electron chi connectivity index (χ0n) is 22.2. The molecule has 0 N–H and O–H groups in total. The molecule has 0 unspecified atom stereocenters. The van der Waals surface area contributed by atoms with Crippen molar-refractivity contribution in [3.63, 3.8) is 0 Å². The predicted molar refractivity (Wildman–Crippen MR) is 144 cm³/mol. The van der Waals surface area contributed by atoms with Crippen molar-refractivity contribution in [2.24, 2.45) is 7.05 Å². The van der Waals surface area contributed by atoms with Gasteiger partial charge in [-0.15, -0.1) is 5.54 Å². The molecule has 4 rings (SSSR count). The van der Waals surface area contributed by atoms with Crippen LogP contribution in [0.3, 0.4) is 0 Å². The van der Waals surface area contributed by atoms with E-state index in [1.54, 1.807) is 7.05 Å². The van der Waals surface area contributed by atoms with Gasteiger partial charge >= 0.3 is 5.69 Å². The lowest BCUT2D eigenvalue weighted by Gasteiger charge is -2.15. The van der Waals surface area contributed by atoms with Gasteiger partial charge in [-0.25, -0.2) is 9.48 Å². The Morgan fingerprint density at radius 3 is 2.33 bits per heavy atom. The number of nitrogens with zero attached hydrogens (tertiary/aromatic N) is 6. The van der Waals surface area contributed by atoms with Crippen molar-refractivity contribution >= 4 is 8.07 Å². The molecule has 0 saturated carbocycles. The van der Waals surface area contributed by atoms with Crippen LogP contribution < -0.4 is 10.4 Å².